The summed E-state index contributed by atoms with van der Waals surface area (Å²) >= 11 is 0. The summed E-state index contributed by atoms with van der Waals surface area (Å²) in [5, 5.41) is 12.6. The first kappa shape index (κ1) is 19.2. The van der Waals surface area contributed by atoms with E-state index in [1.54, 1.807) is 4.90 Å². The van der Waals surface area contributed by atoms with E-state index in [4.69, 9.17) is 0 Å². The van der Waals surface area contributed by atoms with Crippen LogP contribution < -0.4 is 15.6 Å². The summed E-state index contributed by atoms with van der Waals surface area (Å²) in [7, 11) is 0. The summed E-state index contributed by atoms with van der Waals surface area (Å²) in [5.74, 6) is -2.74. The van der Waals surface area contributed by atoms with Crippen molar-refractivity contribution in [1.82, 2.24) is 9.88 Å². The molecule has 2 saturated heterocycles. The first-order valence-electron chi connectivity index (χ1n) is 10.4. The molecule has 0 radical (unpaired) electrons. The monoisotopic (exact) mass is 415 g/mol. The second-order valence-electron chi connectivity index (χ2n) is 8.50. The average Bonchev–Trinajstić information content (AvgIpc) is 3.47. The van der Waals surface area contributed by atoms with Gasteiger partial charge in [0.25, 0.3) is 0 Å². The SMILES string of the molecule is C=Cc1c(F)c(N2CC3CCCNC3C2)c(F)c2c1c(=O)c(C(=O)O)cn2C1CC1. The minimum atomic E-state index is -1.41. The van der Waals surface area contributed by atoms with E-state index in [9.17, 15) is 14.7 Å². The number of carbonyl (C=O) groups is 1. The van der Waals surface area contributed by atoms with Crippen molar-refractivity contribution in [3.8, 4) is 0 Å². The molecule has 0 bridgehead atoms. The molecule has 8 heteroatoms. The summed E-state index contributed by atoms with van der Waals surface area (Å²) in [6, 6.07) is 0.0833. The van der Waals surface area contributed by atoms with E-state index >= 15 is 8.78 Å². The summed E-state index contributed by atoms with van der Waals surface area (Å²) in [6.07, 6.45) is 5.94. The van der Waals surface area contributed by atoms with E-state index < -0.39 is 28.6 Å². The van der Waals surface area contributed by atoms with Crippen molar-refractivity contribution in [2.45, 2.75) is 37.8 Å². The Bertz CT molecular complexity index is 1130. The molecule has 3 aliphatic rings. The van der Waals surface area contributed by atoms with Crippen molar-refractivity contribution < 1.29 is 18.7 Å². The van der Waals surface area contributed by atoms with Crippen LogP contribution >= 0.6 is 0 Å². The number of nitrogens with one attached hydrogen (secondary N) is 1. The number of halogens is 2. The Kier molecular flexibility index (Phi) is 4.43. The summed E-state index contributed by atoms with van der Waals surface area (Å²) in [4.78, 5) is 26.2. The number of anilines is 1. The van der Waals surface area contributed by atoms with E-state index in [2.05, 4.69) is 11.9 Å². The highest BCUT2D eigenvalue weighted by Crippen LogP contribution is 2.42. The first-order chi connectivity index (χ1) is 14.4. The number of aromatic nitrogens is 1. The molecule has 2 unspecified atom stereocenters. The lowest BCUT2D eigenvalue weighted by atomic mass is 9.94. The summed E-state index contributed by atoms with van der Waals surface area (Å²) in [5.41, 5.74) is -1.68. The number of fused-ring (bicyclic) bond motifs is 2. The number of carboxylic acid groups (broad SMARTS) is 1. The molecular weight excluding hydrogens is 392 g/mol. The number of carboxylic acids is 1. The van der Waals surface area contributed by atoms with Crippen molar-refractivity contribution in [2.75, 3.05) is 24.5 Å². The highest BCUT2D eigenvalue weighted by Gasteiger charge is 2.38. The molecule has 1 aromatic heterocycles. The van der Waals surface area contributed by atoms with Gasteiger partial charge in [-0.3, -0.25) is 4.79 Å². The number of rotatable bonds is 4. The van der Waals surface area contributed by atoms with Crippen molar-refractivity contribution >= 4 is 28.6 Å². The van der Waals surface area contributed by atoms with Gasteiger partial charge >= 0.3 is 5.97 Å². The predicted octanol–water partition coefficient (Wildman–Crippen LogP) is 3.14. The van der Waals surface area contributed by atoms with Crippen LogP contribution in [0.15, 0.2) is 17.6 Å². The van der Waals surface area contributed by atoms with Gasteiger partial charge in [0.2, 0.25) is 5.43 Å². The molecule has 2 atom stereocenters. The number of nitrogens with zero attached hydrogens (tertiary/aromatic N) is 2. The van der Waals surface area contributed by atoms with E-state index in [1.165, 1.54) is 16.8 Å². The first-order valence-corrected chi connectivity index (χ1v) is 10.4. The number of piperidine rings is 1. The average molecular weight is 415 g/mol. The van der Waals surface area contributed by atoms with E-state index in [0.717, 1.165) is 32.2 Å². The number of benzene rings is 1. The number of pyridine rings is 1. The van der Waals surface area contributed by atoms with Crippen molar-refractivity contribution in [1.29, 1.82) is 0 Å². The van der Waals surface area contributed by atoms with Gasteiger partial charge in [-0.25, -0.2) is 13.6 Å². The Labute approximate surface area is 171 Å². The van der Waals surface area contributed by atoms with Crippen LogP contribution in [0.4, 0.5) is 14.5 Å². The Morgan fingerprint density at radius 1 is 1.23 bits per heavy atom. The van der Waals surface area contributed by atoms with Gasteiger partial charge in [0, 0.05) is 36.9 Å². The Morgan fingerprint density at radius 2 is 2.00 bits per heavy atom. The molecule has 2 aromatic rings. The third-order valence-electron chi connectivity index (χ3n) is 6.65. The Morgan fingerprint density at radius 3 is 2.63 bits per heavy atom. The number of hydrogen-bond acceptors (Lipinski definition) is 4. The molecule has 2 aliphatic heterocycles. The number of hydrogen-bond donors (Lipinski definition) is 2. The van der Waals surface area contributed by atoms with E-state index in [1.807, 2.05) is 0 Å². The molecular formula is C22H23F2N3O3. The van der Waals surface area contributed by atoms with Gasteiger partial charge in [0.15, 0.2) is 11.6 Å². The molecule has 0 amide bonds. The van der Waals surface area contributed by atoms with Gasteiger partial charge < -0.3 is 19.9 Å². The van der Waals surface area contributed by atoms with Crippen molar-refractivity contribution in [3.05, 3.63) is 45.8 Å². The molecule has 3 heterocycles. The van der Waals surface area contributed by atoms with Crippen LogP contribution in [0.1, 0.15) is 47.6 Å². The largest absolute Gasteiger partial charge is 0.477 e. The molecule has 6 nitrogen and oxygen atoms in total. The Balaban J connectivity index is 1.79. The van der Waals surface area contributed by atoms with Gasteiger partial charge in [-0.1, -0.05) is 12.7 Å². The van der Waals surface area contributed by atoms with Gasteiger partial charge in [-0.2, -0.15) is 0 Å². The highest BCUT2D eigenvalue weighted by molar-refractivity contribution is 5.98. The van der Waals surface area contributed by atoms with Crippen LogP contribution in [0.25, 0.3) is 17.0 Å². The van der Waals surface area contributed by atoms with E-state index in [-0.39, 0.29) is 34.2 Å². The van der Waals surface area contributed by atoms with E-state index in [0.29, 0.717) is 19.0 Å². The number of aromatic carboxylic acids is 1. The topological polar surface area (TPSA) is 74.6 Å². The smallest absolute Gasteiger partial charge is 0.341 e. The van der Waals surface area contributed by atoms with Crippen molar-refractivity contribution in [3.63, 3.8) is 0 Å². The maximum Gasteiger partial charge on any atom is 0.341 e. The molecule has 0 spiro atoms. The quantitative estimate of drug-likeness (QED) is 0.803. The molecule has 30 heavy (non-hydrogen) atoms. The van der Waals surface area contributed by atoms with Gasteiger partial charge in [0.05, 0.1) is 10.9 Å². The molecule has 1 saturated carbocycles. The van der Waals surface area contributed by atoms with Crippen LogP contribution in [0, 0.1) is 17.6 Å². The van der Waals surface area contributed by atoms with Gasteiger partial charge in [-0.05, 0) is 38.1 Å². The predicted molar refractivity (Wildman–Crippen MR) is 110 cm³/mol. The summed E-state index contributed by atoms with van der Waals surface area (Å²) < 4.78 is 33.0. The highest BCUT2D eigenvalue weighted by atomic mass is 19.1. The van der Waals surface area contributed by atoms with Crippen LogP contribution in [0.2, 0.25) is 0 Å². The van der Waals surface area contributed by atoms with Crippen LogP contribution in [0.5, 0.6) is 0 Å². The minimum absolute atomic E-state index is 0.0263. The molecule has 2 N–H and O–H groups in total. The van der Waals surface area contributed by atoms with Gasteiger partial charge in [-0.15, -0.1) is 0 Å². The summed E-state index contributed by atoms with van der Waals surface area (Å²) in [6.45, 7) is 5.55. The second-order valence-corrected chi connectivity index (χ2v) is 8.50. The molecule has 158 valence electrons. The maximum atomic E-state index is 15.9. The fourth-order valence-electron chi connectivity index (χ4n) is 5.04. The van der Waals surface area contributed by atoms with Gasteiger partial charge in [0.1, 0.15) is 11.3 Å². The van der Waals surface area contributed by atoms with Crippen molar-refractivity contribution in [2.24, 2.45) is 5.92 Å². The molecule has 3 fully saturated rings. The zero-order valence-electron chi connectivity index (χ0n) is 16.5. The molecule has 5 rings (SSSR count). The zero-order valence-corrected chi connectivity index (χ0v) is 16.5. The lowest BCUT2D eigenvalue weighted by Gasteiger charge is -2.24. The fourth-order valence-corrected chi connectivity index (χ4v) is 5.04. The zero-order chi connectivity index (χ0) is 21.2. The van der Waals surface area contributed by atoms with Crippen LogP contribution in [-0.4, -0.2) is 41.3 Å². The Hall–Kier alpha value is -2.74. The lowest BCUT2D eigenvalue weighted by molar-refractivity contribution is 0.0695. The standard InChI is InChI=1S/C22H23F2N3O3/c1-2-13-16-19(27(12-5-6-12)9-14(21(16)28)22(29)30)18(24)20(17(13)23)26-8-11-4-3-7-25-15(11)10-26/h2,9,11-12,15,25H,1,3-8,10H2,(H,29,30). The van der Waals surface area contributed by atoms with Crippen LogP contribution in [-0.2, 0) is 0 Å². The third-order valence-corrected chi connectivity index (χ3v) is 6.65. The third kappa shape index (κ3) is 2.77. The lowest BCUT2D eigenvalue weighted by Crippen LogP contribution is -2.40. The van der Waals surface area contributed by atoms with Crippen LogP contribution in [0.3, 0.4) is 0 Å². The molecule has 1 aliphatic carbocycles. The maximum absolute atomic E-state index is 15.9. The second kappa shape index (κ2) is 6.91. The minimum Gasteiger partial charge on any atom is -0.477 e. The normalized spacial score (nSPS) is 23.6. The fraction of sp³-hybridized carbons (Fsp3) is 0.455. The molecule has 1 aromatic carbocycles.